The second kappa shape index (κ2) is 9.02. The molecular formula is C27H26F3N5O2. The van der Waals surface area contributed by atoms with Gasteiger partial charge in [-0.2, -0.15) is 18.3 Å². The molecule has 192 valence electrons. The summed E-state index contributed by atoms with van der Waals surface area (Å²) >= 11 is 0. The van der Waals surface area contributed by atoms with Crippen LogP contribution in [0.1, 0.15) is 64.1 Å². The van der Waals surface area contributed by atoms with E-state index in [1.807, 2.05) is 24.3 Å². The van der Waals surface area contributed by atoms with Crippen LogP contribution in [-0.2, 0) is 18.1 Å². The molecule has 2 aromatic carbocycles. The number of carbonyl (C=O) groups excluding carboxylic acids is 2. The van der Waals surface area contributed by atoms with Crippen molar-refractivity contribution in [3.63, 3.8) is 0 Å². The van der Waals surface area contributed by atoms with Crippen LogP contribution in [0.25, 0.3) is 22.0 Å². The van der Waals surface area contributed by atoms with Crippen molar-refractivity contribution < 1.29 is 22.8 Å². The number of alkyl halides is 3. The second-order valence-electron chi connectivity index (χ2n) is 9.87. The topological polar surface area (TPSA) is 117 Å². The van der Waals surface area contributed by atoms with E-state index >= 15 is 0 Å². The lowest BCUT2D eigenvalue weighted by Crippen LogP contribution is -2.21. The van der Waals surface area contributed by atoms with Crippen molar-refractivity contribution in [1.29, 1.82) is 0 Å². The highest BCUT2D eigenvalue weighted by Crippen LogP contribution is 2.42. The molecule has 0 aliphatic heterocycles. The highest BCUT2D eigenvalue weighted by atomic mass is 19.4. The largest absolute Gasteiger partial charge is 0.435 e. The number of carbonyl (C=O) groups is 2. The first-order valence-corrected chi connectivity index (χ1v) is 11.5. The van der Waals surface area contributed by atoms with Gasteiger partial charge < -0.3 is 11.5 Å². The Hall–Kier alpha value is -4.21. The van der Waals surface area contributed by atoms with Gasteiger partial charge in [-0.25, -0.2) is 4.98 Å². The van der Waals surface area contributed by atoms with E-state index in [0.29, 0.717) is 0 Å². The Balaban J connectivity index is 2.00. The summed E-state index contributed by atoms with van der Waals surface area (Å²) in [5, 5.41) is 4.07. The smallest absolute Gasteiger partial charge is 0.366 e. The van der Waals surface area contributed by atoms with Crippen molar-refractivity contribution in [3.05, 3.63) is 82.3 Å². The molecule has 7 nitrogen and oxygen atoms in total. The molecule has 10 heteroatoms. The first kappa shape index (κ1) is 25.9. The fourth-order valence-electron chi connectivity index (χ4n) is 4.37. The highest BCUT2D eigenvalue weighted by molar-refractivity contribution is 6.15. The fourth-order valence-corrected chi connectivity index (χ4v) is 4.37. The number of para-hydroxylation sites is 1. The Morgan fingerprint density at radius 1 is 0.919 bits per heavy atom. The summed E-state index contributed by atoms with van der Waals surface area (Å²) in [6, 6.07) is 13.7. The van der Waals surface area contributed by atoms with E-state index in [0.717, 1.165) is 11.1 Å². The predicted molar refractivity (Wildman–Crippen MR) is 134 cm³/mol. The Kier molecular flexibility index (Phi) is 6.31. The molecule has 4 N–H and O–H groups in total. The monoisotopic (exact) mass is 509 g/mol. The van der Waals surface area contributed by atoms with Crippen molar-refractivity contribution in [3.8, 4) is 11.1 Å². The Labute approximate surface area is 211 Å². The maximum atomic E-state index is 14.3. The van der Waals surface area contributed by atoms with Gasteiger partial charge in [-0.1, -0.05) is 63.2 Å². The van der Waals surface area contributed by atoms with E-state index in [4.69, 9.17) is 11.5 Å². The van der Waals surface area contributed by atoms with Gasteiger partial charge >= 0.3 is 6.18 Å². The lowest BCUT2D eigenvalue weighted by molar-refractivity contribution is -0.141. The van der Waals surface area contributed by atoms with E-state index in [1.165, 1.54) is 23.7 Å². The van der Waals surface area contributed by atoms with Crippen molar-refractivity contribution in [2.45, 2.75) is 45.8 Å². The van der Waals surface area contributed by atoms with Gasteiger partial charge in [0.25, 0.3) is 5.91 Å². The summed E-state index contributed by atoms with van der Waals surface area (Å²) in [6.07, 6.45) is -4.91. The lowest BCUT2D eigenvalue weighted by atomic mass is 9.87. The van der Waals surface area contributed by atoms with Gasteiger partial charge in [0.1, 0.15) is 5.69 Å². The molecule has 2 heterocycles. The Bertz CT molecular complexity index is 1530. The zero-order chi connectivity index (χ0) is 27.3. The van der Waals surface area contributed by atoms with E-state index in [2.05, 4.69) is 30.9 Å². The summed E-state index contributed by atoms with van der Waals surface area (Å²) in [5.41, 5.74) is 10.3. The molecule has 0 saturated heterocycles. The van der Waals surface area contributed by atoms with Crippen molar-refractivity contribution in [2.24, 2.45) is 11.5 Å². The SMILES string of the molecule is Cc1c(-c2c(C(N)=O)nc3ccccc3c2C(N)=O)c(C(F)(F)F)nn1Cc1ccc(C(C)(C)C)cc1. The molecule has 0 unspecified atom stereocenters. The van der Waals surface area contributed by atoms with E-state index in [1.54, 1.807) is 12.1 Å². The maximum Gasteiger partial charge on any atom is 0.435 e. The molecular weight excluding hydrogens is 483 g/mol. The highest BCUT2D eigenvalue weighted by Gasteiger charge is 2.41. The van der Waals surface area contributed by atoms with Crippen LogP contribution >= 0.6 is 0 Å². The van der Waals surface area contributed by atoms with Crippen molar-refractivity contribution >= 4 is 22.7 Å². The zero-order valence-corrected chi connectivity index (χ0v) is 20.8. The number of rotatable bonds is 5. The number of nitrogens with zero attached hydrogens (tertiary/aromatic N) is 3. The number of halogens is 3. The van der Waals surface area contributed by atoms with E-state index < -0.39 is 34.9 Å². The van der Waals surface area contributed by atoms with Crippen LogP contribution in [0.4, 0.5) is 13.2 Å². The Morgan fingerprint density at radius 2 is 1.54 bits per heavy atom. The van der Waals surface area contributed by atoms with Crippen LogP contribution in [0.3, 0.4) is 0 Å². The molecule has 0 spiro atoms. The number of nitrogens with two attached hydrogens (primary N) is 2. The molecule has 0 aliphatic carbocycles. The average Bonchev–Trinajstić information content (AvgIpc) is 3.13. The maximum absolute atomic E-state index is 14.3. The molecule has 2 amide bonds. The molecule has 2 aromatic heterocycles. The third-order valence-electron chi connectivity index (χ3n) is 6.25. The summed E-state index contributed by atoms with van der Waals surface area (Å²) in [4.78, 5) is 29.2. The average molecular weight is 510 g/mol. The molecule has 0 bridgehead atoms. The fraction of sp³-hybridized carbons (Fsp3) is 0.259. The molecule has 0 aliphatic rings. The zero-order valence-electron chi connectivity index (χ0n) is 20.8. The number of hydrogen-bond acceptors (Lipinski definition) is 4. The van der Waals surface area contributed by atoms with Crippen LogP contribution in [-0.4, -0.2) is 26.6 Å². The van der Waals surface area contributed by atoms with Gasteiger partial charge in [-0.15, -0.1) is 0 Å². The van der Waals surface area contributed by atoms with Crippen LogP contribution in [0.15, 0.2) is 48.5 Å². The van der Waals surface area contributed by atoms with E-state index in [9.17, 15) is 22.8 Å². The quantitative estimate of drug-likeness (QED) is 0.395. The van der Waals surface area contributed by atoms with Crippen LogP contribution < -0.4 is 11.5 Å². The minimum Gasteiger partial charge on any atom is -0.366 e. The summed E-state index contributed by atoms with van der Waals surface area (Å²) in [6.45, 7) is 7.65. The second-order valence-corrected chi connectivity index (χ2v) is 9.87. The number of amides is 2. The molecule has 0 atom stereocenters. The standard InChI is InChI=1S/C27H26F3N5O2/c1-14-19(21-20(24(31)36)17-7-5-6-8-18(17)33-22(21)25(32)37)23(27(28,29)30)34-35(14)13-15-9-11-16(12-10-15)26(2,3)4/h5-12H,13H2,1-4H3,(H2,31,36)(H2,32,37). The molecule has 4 rings (SSSR count). The van der Waals surface area contributed by atoms with Gasteiger partial charge in [0.05, 0.1) is 17.6 Å². The Morgan fingerprint density at radius 3 is 2.08 bits per heavy atom. The summed E-state index contributed by atoms with van der Waals surface area (Å²) in [5.74, 6) is -2.12. The van der Waals surface area contributed by atoms with Crippen LogP contribution in [0.5, 0.6) is 0 Å². The van der Waals surface area contributed by atoms with Gasteiger partial charge in [0, 0.05) is 22.2 Å². The van der Waals surface area contributed by atoms with Crippen LogP contribution in [0.2, 0.25) is 0 Å². The number of primary amides is 2. The predicted octanol–water partition coefficient (Wildman–Crippen LogP) is 4.97. The number of fused-ring (bicyclic) bond motifs is 1. The number of pyridine rings is 1. The summed E-state index contributed by atoms with van der Waals surface area (Å²) < 4.78 is 44.1. The van der Waals surface area contributed by atoms with Gasteiger partial charge in [-0.05, 0) is 29.5 Å². The third kappa shape index (κ3) is 4.78. The lowest BCUT2D eigenvalue weighted by Gasteiger charge is -2.19. The molecule has 37 heavy (non-hydrogen) atoms. The third-order valence-corrected chi connectivity index (χ3v) is 6.25. The van der Waals surface area contributed by atoms with Crippen LogP contribution in [0, 0.1) is 6.92 Å². The molecule has 0 radical (unpaired) electrons. The van der Waals surface area contributed by atoms with Gasteiger partial charge in [-0.3, -0.25) is 14.3 Å². The number of benzene rings is 2. The number of aromatic nitrogens is 3. The minimum absolute atomic E-state index is 0.0259. The molecule has 0 saturated carbocycles. The normalized spacial score (nSPS) is 12.2. The molecule has 0 fully saturated rings. The van der Waals surface area contributed by atoms with Gasteiger partial charge in [0.15, 0.2) is 5.69 Å². The van der Waals surface area contributed by atoms with Gasteiger partial charge in [0.2, 0.25) is 5.91 Å². The minimum atomic E-state index is -4.91. The van der Waals surface area contributed by atoms with Crippen molar-refractivity contribution in [2.75, 3.05) is 0 Å². The summed E-state index contributed by atoms with van der Waals surface area (Å²) in [7, 11) is 0. The first-order chi connectivity index (χ1) is 17.2. The van der Waals surface area contributed by atoms with Crippen molar-refractivity contribution in [1.82, 2.24) is 14.8 Å². The van der Waals surface area contributed by atoms with E-state index in [-0.39, 0.29) is 39.7 Å². The molecule has 4 aromatic rings. The number of hydrogen-bond donors (Lipinski definition) is 2. The first-order valence-electron chi connectivity index (χ1n) is 11.5.